The van der Waals surface area contributed by atoms with Crippen molar-refractivity contribution < 1.29 is 79.5 Å². The lowest BCUT2D eigenvalue weighted by Crippen LogP contribution is -2.65. The number of aliphatic hydroxyl groups is 10. The highest BCUT2D eigenvalue weighted by Gasteiger charge is 2.51. The van der Waals surface area contributed by atoms with Crippen molar-refractivity contribution in [1.29, 1.82) is 0 Å². The average molecular weight is 518 g/mol. The Morgan fingerprint density at radius 3 is 1.60 bits per heavy atom. The van der Waals surface area contributed by atoms with Crippen molar-refractivity contribution in [2.24, 2.45) is 0 Å². The van der Waals surface area contributed by atoms with Crippen molar-refractivity contribution in [2.75, 3.05) is 26.9 Å². The molecule has 206 valence electrons. The highest BCUT2D eigenvalue weighted by atomic mass is 16.7. The molecule has 0 unspecified atom stereocenters. The number of methoxy groups -OCH3 is 1. The van der Waals surface area contributed by atoms with Crippen LogP contribution < -0.4 is 0 Å². The van der Waals surface area contributed by atoms with Gasteiger partial charge >= 0.3 is 0 Å². The molecule has 0 aromatic heterocycles. The van der Waals surface area contributed by atoms with Gasteiger partial charge in [0.15, 0.2) is 18.9 Å². The van der Waals surface area contributed by atoms with Gasteiger partial charge in [0.2, 0.25) is 0 Å². The fourth-order valence-electron chi connectivity index (χ4n) is 4.13. The number of hydrogen-bond acceptors (Lipinski definition) is 16. The number of ether oxygens (including phenoxy) is 6. The van der Waals surface area contributed by atoms with Gasteiger partial charge in [-0.1, -0.05) is 0 Å². The van der Waals surface area contributed by atoms with E-state index in [1.165, 1.54) is 7.11 Å². The summed E-state index contributed by atoms with van der Waals surface area (Å²) in [5, 5.41) is 100. The molecule has 16 nitrogen and oxygen atoms in total. The van der Waals surface area contributed by atoms with Gasteiger partial charge in [-0.2, -0.15) is 0 Å². The normalized spacial score (nSPS) is 51.3. The Hall–Kier alpha value is -0.640. The zero-order chi connectivity index (χ0) is 26.0. The van der Waals surface area contributed by atoms with Crippen LogP contribution in [0.25, 0.3) is 0 Å². The molecule has 3 aliphatic heterocycles. The van der Waals surface area contributed by atoms with E-state index in [4.69, 9.17) is 28.4 Å². The maximum atomic E-state index is 10.4. The highest BCUT2D eigenvalue weighted by Crippen LogP contribution is 2.30. The molecule has 3 rings (SSSR count). The van der Waals surface area contributed by atoms with Crippen molar-refractivity contribution in [1.82, 2.24) is 0 Å². The Morgan fingerprint density at radius 1 is 0.543 bits per heavy atom. The van der Waals surface area contributed by atoms with Crippen LogP contribution in [-0.4, -0.2) is 170 Å². The van der Waals surface area contributed by atoms with Crippen molar-refractivity contribution in [3.05, 3.63) is 0 Å². The van der Waals surface area contributed by atoms with Crippen molar-refractivity contribution in [3.63, 3.8) is 0 Å². The average Bonchev–Trinajstić information content (AvgIpc) is 2.85. The molecule has 10 N–H and O–H groups in total. The van der Waals surface area contributed by atoms with E-state index in [1.54, 1.807) is 0 Å². The molecule has 0 spiro atoms. The van der Waals surface area contributed by atoms with Crippen LogP contribution in [-0.2, 0) is 28.4 Å². The van der Waals surface area contributed by atoms with E-state index in [0.717, 1.165) is 0 Å². The van der Waals surface area contributed by atoms with E-state index in [0.29, 0.717) is 0 Å². The van der Waals surface area contributed by atoms with Gasteiger partial charge < -0.3 is 79.5 Å². The molecule has 3 heterocycles. The minimum absolute atomic E-state index is 0.591. The van der Waals surface area contributed by atoms with E-state index in [-0.39, 0.29) is 0 Å². The third kappa shape index (κ3) is 5.93. The first-order chi connectivity index (χ1) is 16.5. The van der Waals surface area contributed by atoms with Crippen molar-refractivity contribution >= 4 is 0 Å². The lowest BCUT2D eigenvalue weighted by molar-refractivity contribution is -0.364. The zero-order valence-electron chi connectivity index (χ0n) is 18.7. The summed E-state index contributed by atoms with van der Waals surface area (Å²) in [6.07, 6.45) is -23.6. The van der Waals surface area contributed by atoms with Crippen LogP contribution in [0.15, 0.2) is 0 Å². The summed E-state index contributed by atoms with van der Waals surface area (Å²) in [5.74, 6) is 0. The van der Waals surface area contributed by atoms with E-state index in [9.17, 15) is 51.1 Å². The van der Waals surface area contributed by atoms with Gasteiger partial charge in [0.05, 0.1) is 19.8 Å². The van der Waals surface area contributed by atoms with Crippen LogP contribution in [0, 0.1) is 0 Å². The summed E-state index contributed by atoms with van der Waals surface area (Å²) in [6.45, 7) is -1.94. The lowest BCUT2D eigenvalue weighted by atomic mass is 9.97. The standard InChI is InChI=1S/C19H34O16/c1-30-17-15(29)16(10(24)6(3-21)32-17)35-19-14(28)12(26)9(23)7(34-19)4-31-18-13(27)11(25)8(22)5(2-20)33-18/h5-29H,2-4H2,1H3/t5-,6-,7-,8-,9-,10-,11+,12+,13-,14-,15+,16+,17+,18+,19-/m1/s1. The first-order valence-corrected chi connectivity index (χ1v) is 11.0. The predicted octanol–water partition coefficient (Wildman–Crippen LogP) is -6.92. The van der Waals surface area contributed by atoms with Crippen LogP contribution in [0.2, 0.25) is 0 Å². The molecule has 15 atom stereocenters. The molecule has 0 aromatic carbocycles. The van der Waals surface area contributed by atoms with Crippen LogP contribution in [0.5, 0.6) is 0 Å². The molecular weight excluding hydrogens is 484 g/mol. The van der Waals surface area contributed by atoms with Gasteiger partial charge in [-0.3, -0.25) is 0 Å². The minimum Gasteiger partial charge on any atom is -0.394 e. The summed E-state index contributed by atoms with van der Waals surface area (Å²) in [7, 11) is 1.20. The molecule has 0 aromatic rings. The summed E-state index contributed by atoms with van der Waals surface area (Å²) in [6, 6.07) is 0. The molecule has 3 saturated heterocycles. The second-order valence-electron chi connectivity index (χ2n) is 8.59. The van der Waals surface area contributed by atoms with E-state index >= 15 is 0 Å². The smallest absolute Gasteiger partial charge is 0.187 e. The lowest BCUT2D eigenvalue weighted by Gasteiger charge is -2.46. The topological polar surface area (TPSA) is 258 Å². The molecule has 0 bridgehead atoms. The molecule has 16 heteroatoms. The van der Waals surface area contributed by atoms with E-state index in [1.807, 2.05) is 0 Å². The van der Waals surface area contributed by atoms with Gasteiger partial charge in [0.25, 0.3) is 0 Å². The molecule has 0 radical (unpaired) electrons. The number of hydrogen-bond donors (Lipinski definition) is 10. The van der Waals surface area contributed by atoms with Crippen LogP contribution >= 0.6 is 0 Å². The van der Waals surface area contributed by atoms with Crippen molar-refractivity contribution in [3.8, 4) is 0 Å². The summed E-state index contributed by atoms with van der Waals surface area (Å²) < 4.78 is 31.7. The number of rotatable bonds is 8. The van der Waals surface area contributed by atoms with Crippen LogP contribution in [0.3, 0.4) is 0 Å². The second kappa shape index (κ2) is 12.3. The van der Waals surface area contributed by atoms with Crippen LogP contribution in [0.4, 0.5) is 0 Å². The molecule has 35 heavy (non-hydrogen) atoms. The third-order valence-electron chi connectivity index (χ3n) is 6.29. The predicted molar refractivity (Wildman–Crippen MR) is 106 cm³/mol. The van der Waals surface area contributed by atoms with Crippen LogP contribution in [0.1, 0.15) is 0 Å². The Morgan fingerprint density at radius 2 is 1.03 bits per heavy atom. The van der Waals surface area contributed by atoms with Gasteiger partial charge in [-0.25, -0.2) is 0 Å². The van der Waals surface area contributed by atoms with Gasteiger partial charge in [0.1, 0.15) is 73.2 Å². The quantitative estimate of drug-likeness (QED) is 0.143. The summed E-state index contributed by atoms with van der Waals surface area (Å²) in [5.41, 5.74) is 0. The Kier molecular flexibility index (Phi) is 10.1. The fraction of sp³-hybridized carbons (Fsp3) is 1.00. The Labute approximate surface area is 199 Å². The first kappa shape index (κ1) is 28.9. The van der Waals surface area contributed by atoms with E-state index in [2.05, 4.69) is 0 Å². The second-order valence-corrected chi connectivity index (χ2v) is 8.59. The molecule has 0 amide bonds. The molecule has 0 saturated carbocycles. The largest absolute Gasteiger partial charge is 0.394 e. The monoisotopic (exact) mass is 518 g/mol. The first-order valence-electron chi connectivity index (χ1n) is 11.0. The maximum Gasteiger partial charge on any atom is 0.187 e. The summed E-state index contributed by atoms with van der Waals surface area (Å²) >= 11 is 0. The molecule has 0 aliphatic carbocycles. The summed E-state index contributed by atoms with van der Waals surface area (Å²) in [4.78, 5) is 0. The van der Waals surface area contributed by atoms with Gasteiger partial charge in [-0.15, -0.1) is 0 Å². The van der Waals surface area contributed by atoms with Gasteiger partial charge in [-0.05, 0) is 0 Å². The maximum absolute atomic E-state index is 10.4. The van der Waals surface area contributed by atoms with Crippen molar-refractivity contribution in [2.45, 2.75) is 92.1 Å². The SMILES string of the molecule is CO[C@H]1O[C@H](CO)[C@@H](O)[C@H](O[C@H]2O[C@H](CO[C@H]3O[C@H](CO)[C@@H](O)[C@H](O)[C@H]3O)[C@@H](O)[C@H](O)[C@H]2O)[C@@H]1O. The molecule has 3 fully saturated rings. The Balaban J connectivity index is 1.68. The molecule has 3 aliphatic rings. The minimum atomic E-state index is -1.84. The molecular formula is C19H34O16. The van der Waals surface area contributed by atoms with E-state index < -0.39 is 112 Å². The third-order valence-corrected chi connectivity index (χ3v) is 6.29. The fourth-order valence-corrected chi connectivity index (χ4v) is 4.13. The number of aliphatic hydroxyl groups excluding tert-OH is 10. The highest BCUT2D eigenvalue weighted by molar-refractivity contribution is 4.94. The van der Waals surface area contributed by atoms with Gasteiger partial charge in [0, 0.05) is 7.11 Å². The Bertz CT molecular complexity index is 638. The zero-order valence-corrected chi connectivity index (χ0v) is 18.7.